The van der Waals surface area contributed by atoms with Crippen molar-refractivity contribution in [2.75, 3.05) is 0 Å². The summed E-state index contributed by atoms with van der Waals surface area (Å²) in [5, 5.41) is 10.5. The highest BCUT2D eigenvalue weighted by Crippen LogP contribution is 2.19. The molecule has 3 nitrogen and oxygen atoms in total. The van der Waals surface area contributed by atoms with E-state index in [1.807, 2.05) is 11.3 Å². The van der Waals surface area contributed by atoms with E-state index in [0.29, 0.717) is 0 Å². The summed E-state index contributed by atoms with van der Waals surface area (Å²) in [6.07, 6.45) is 6.27. The topological polar surface area (TPSA) is 41.6 Å². The van der Waals surface area contributed by atoms with Crippen molar-refractivity contribution in [1.82, 2.24) is 15.4 Å². The molecule has 0 atom stereocenters. The lowest BCUT2D eigenvalue weighted by Gasteiger charge is -1.93. The molecule has 1 N–H and O–H groups in total. The average molecular weight is 221 g/mol. The third-order valence-corrected chi connectivity index (χ3v) is 3.51. The van der Waals surface area contributed by atoms with Crippen LogP contribution in [0.1, 0.15) is 28.8 Å². The number of aryl methyl sites for hydroxylation is 3. The van der Waals surface area contributed by atoms with Crippen LogP contribution in [-0.2, 0) is 19.3 Å². The Morgan fingerprint density at radius 2 is 2.00 bits per heavy atom. The van der Waals surface area contributed by atoms with Gasteiger partial charge in [0.1, 0.15) is 0 Å². The van der Waals surface area contributed by atoms with Gasteiger partial charge in [0.25, 0.3) is 0 Å². The second-order valence-electron chi connectivity index (χ2n) is 3.58. The van der Waals surface area contributed by atoms with Gasteiger partial charge in [-0.05, 0) is 31.4 Å². The molecule has 0 aliphatic carbocycles. The number of hydrogen-bond acceptors (Lipinski definition) is 3. The predicted molar refractivity (Wildman–Crippen MR) is 62.1 cm³/mol. The van der Waals surface area contributed by atoms with Gasteiger partial charge in [-0.25, -0.2) is 0 Å². The van der Waals surface area contributed by atoms with Gasteiger partial charge in [0, 0.05) is 9.75 Å². The smallest absolute Gasteiger partial charge is 0.0828 e. The molecule has 2 aromatic heterocycles. The lowest BCUT2D eigenvalue weighted by atomic mass is 10.2. The zero-order valence-electron chi connectivity index (χ0n) is 8.86. The lowest BCUT2D eigenvalue weighted by Crippen LogP contribution is -1.88. The molecule has 0 amide bonds. The van der Waals surface area contributed by atoms with E-state index in [1.54, 1.807) is 6.20 Å². The minimum absolute atomic E-state index is 0.975. The van der Waals surface area contributed by atoms with E-state index in [0.717, 1.165) is 18.5 Å². The van der Waals surface area contributed by atoms with Crippen molar-refractivity contribution in [3.63, 3.8) is 0 Å². The molecule has 2 aromatic rings. The van der Waals surface area contributed by atoms with E-state index in [4.69, 9.17) is 0 Å². The van der Waals surface area contributed by atoms with Crippen LogP contribution >= 0.6 is 11.3 Å². The minimum Gasteiger partial charge on any atom is -0.198 e. The van der Waals surface area contributed by atoms with Gasteiger partial charge < -0.3 is 0 Å². The first-order valence-electron chi connectivity index (χ1n) is 5.30. The third kappa shape index (κ3) is 2.89. The quantitative estimate of drug-likeness (QED) is 0.843. The number of H-pyrrole nitrogens is 1. The first-order chi connectivity index (χ1) is 7.38. The Bertz CT molecular complexity index is 392. The molecule has 0 saturated carbocycles. The Balaban J connectivity index is 1.88. The standard InChI is InChI=1S/C11H15N3S/c1-2-3-10-6-7-11(15-10)5-4-9-8-12-14-13-9/h6-8H,2-5H2,1H3,(H,12,13,14). The number of nitrogens with one attached hydrogen (secondary N) is 1. The first kappa shape index (κ1) is 10.4. The van der Waals surface area contributed by atoms with E-state index in [9.17, 15) is 0 Å². The number of nitrogens with zero attached hydrogens (tertiary/aromatic N) is 2. The second-order valence-corrected chi connectivity index (χ2v) is 4.83. The summed E-state index contributed by atoms with van der Waals surface area (Å²) in [5.74, 6) is 0. The maximum Gasteiger partial charge on any atom is 0.0828 e. The third-order valence-electron chi connectivity index (χ3n) is 2.31. The molecular formula is C11H15N3S. The molecule has 15 heavy (non-hydrogen) atoms. The first-order valence-corrected chi connectivity index (χ1v) is 6.12. The van der Waals surface area contributed by atoms with E-state index in [2.05, 4.69) is 34.5 Å². The average Bonchev–Trinajstić information content (AvgIpc) is 2.85. The SMILES string of the molecule is CCCc1ccc(CCc2cn[nH]n2)s1. The maximum absolute atomic E-state index is 4.04. The van der Waals surface area contributed by atoms with Crippen LogP contribution in [0.15, 0.2) is 18.3 Å². The van der Waals surface area contributed by atoms with Crippen molar-refractivity contribution in [2.45, 2.75) is 32.6 Å². The molecule has 2 heterocycles. The normalized spacial score (nSPS) is 10.7. The number of rotatable bonds is 5. The molecule has 0 bridgehead atoms. The van der Waals surface area contributed by atoms with Gasteiger partial charge in [-0.3, -0.25) is 0 Å². The van der Waals surface area contributed by atoms with Gasteiger partial charge in [0.2, 0.25) is 0 Å². The summed E-state index contributed by atoms with van der Waals surface area (Å²) in [6, 6.07) is 4.47. The fourth-order valence-corrected chi connectivity index (χ4v) is 2.65. The number of hydrogen-bond donors (Lipinski definition) is 1. The van der Waals surface area contributed by atoms with Crippen LogP contribution in [0.2, 0.25) is 0 Å². The number of thiophene rings is 1. The fraction of sp³-hybridized carbons (Fsp3) is 0.455. The highest BCUT2D eigenvalue weighted by atomic mass is 32.1. The summed E-state index contributed by atoms with van der Waals surface area (Å²) in [5.41, 5.74) is 1.04. The van der Waals surface area contributed by atoms with Crippen LogP contribution in [0.3, 0.4) is 0 Å². The molecule has 0 unspecified atom stereocenters. The Morgan fingerprint density at radius 1 is 1.20 bits per heavy atom. The molecule has 2 rings (SSSR count). The van der Waals surface area contributed by atoms with Crippen molar-refractivity contribution in [3.8, 4) is 0 Å². The van der Waals surface area contributed by atoms with Crippen molar-refractivity contribution >= 4 is 11.3 Å². The Labute approximate surface area is 93.5 Å². The van der Waals surface area contributed by atoms with Crippen molar-refractivity contribution in [3.05, 3.63) is 33.8 Å². The second kappa shape index (κ2) is 5.07. The van der Waals surface area contributed by atoms with E-state index < -0.39 is 0 Å². The fourth-order valence-electron chi connectivity index (χ4n) is 1.53. The molecule has 0 aliphatic rings. The Hall–Kier alpha value is -1.16. The van der Waals surface area contributed by atoms with Crippen molar-refractivity contribution in [2.24, 2.45) is 0 Å². The Kier molecular flexibility index (Phi) is 3.50. The molecule has 0 aromatic carbocycles. The van der Waals surface area contributed by atoms with Gasteiger partial charge >= 0.3 is 0 Å². The number of aromatic amines is 1. The predicted octanol–water partition coefficient (Wildman–Crippen LogP) is 2.60. The van der Waals surface area contributed by atoms with Crippen LogP contribution in [0.5, 0.6) is 0 Å². The van der Waals surface area contributed by atoms with E-state index in [1.165, 1.54) is 22.6 Å². The van der Waals surface area contributed by atoms with Crippen LogP contribution in [0.25, 0.3) is 0 Å². The Morgan fingerprint density at radius 3 is 2.67 bits per heavy atom. The lowest BCUT2D eigenvalue weighted by molar-refractivity contribution is 0.878. The molecule has 80 valence electrons. The summed E-state index contributed by atoms with van der Waals surface area (Å²) in [6.45, 7) is 2.22. The van der Waals surface area contributed by atoms with Crippen LogP contribution in [0, 0.1) is 0 Å². The highest BCUT2D eigenvalue weighted by molar-refractivity contribution is 7.11. The summed E-state index contributed by atoms with van der Waals surface area (Å²) >= 11 is 1.92. The van der Waals surface area contributed by atoms with Gasteiger partial charge in [0.15, 0.2) is 0 Å². The minimum atomic E-state index is 0.975. The van der Waals surface area contributed by atoms with Gasteiger partial charge in [-0.2, -0.15) is 15.4 Å². The van der Waals surface area contributed by atoms with E-state index >= 15 is 0 Å². The van der Waals surface area contributed by atoms with Crippen LogP contribution in [-0.4, -0.2) is 15.4 Å². The molecule has 0 saturated heterocycles. The number of aromatic nitrogens is 3. The zero-order chi connectivity index (χ0) is 10.5. The largest absolute Gasteiger partial charge is 0.198 e. The molecule has 0 fully saturated rings. The molecule has 0 spiro atoms. The summed E-state index contributed by atoms with van der Waals surface area (Å²) < 4.78 is 0. The molecule has 0 aliphatic heterocycles. The molecule has 0 radical (unpaired) electrons. The van der Waals surface area contributed by atoms with E-state index in [-0.39, 0.29) is 0 Å². The van der Waals surface area contributed by atoms with Gasteiger partial charge in [-0.1, -0.05) is 13.3 Å². The highest BCUT2D eigenvalue weighted by Gasteiger charge is 2.01. The van der Waals surface area contributed by atoms with Crippen LogP contribution in [0.4, 0.5) is 0 Å². The summed E-state index contributed by atoms with van der Waals surface area (Å²) in [4.78, 5) is 2.94. The molecule has 4 heteroatoms. The van der Waals surface area contributed by atoms with Gasteiger partial charge in [0.05, 0.1) is 11.9 Å². The maximum atomic E-state index is 4.04. The van der Waals surface area contributed by atoms with Crippen molar-refractivity contribution < 1.29 is 0 Å². The monoisotopic (exact) mass is 221 g/mol. The summed E-state index contributed by atoms with van der Waals surface area (Å²) in [7, 11) is 0. The zero-order valence-corrected chi connectivity index (χ0v) is 9.68. The molecular weight excluding hydrogens is 206 g/mol. The van der Waals surface area contributed by atoms with Crippen molar-refractivity contribution in [1.29, 1.82) is 0 Å². The van der Waals surface area contributed by atoms with Gasteiger partial charge in [-0.15, -0.1) is 11.3 Å². The van der Waals surface area contributed by atoms with Crippen LogP contribution < -0.4 is 0 Å².